The molecule has 3 rings (SSSR count). The molecule has 0 aliphatic heterocycles. The number of hydrogen-bond acceptors (Lipinski definition) is 6. The molecule has 28 heavy (non-hydrogen) atoms. The summed E-state index contributed by atoms with van der Waals surface area (Å²) in [6.07, 6.45) is 0. The van der Waals surface area contributed by atoms with Gasteiger partial charge in [-0.3, -0.25) is 9.59 Å². The fraction of sp³-hybridized carbons (Fsp3) is 0.364. The van der Waals surface area contributed by atoms with Crippen LogP contribution in [0, 0.1) is 11.8 Å². The van der Waals surface area contributed by atoms with Crippen molar-refractivity contribution < 1.29 is 28.5 Å². The van der Waals surface area contributed by atoms with Crippen molar-refractivity contribution in [2.24, 2.45) is 11.8 Å². The summed E-state index contributed by atoms with van der Waals surface area (Å²) in [5.41, 5.74) is 1.88. The van der Waals surface area contributed by atoms with E-state index >= 15 is 0 Å². The predicted octanol–water partition coefficient (Wildman–Crippen LogP) is 3.16. The Kier molecular flexibility index (Phi) is 5.87. The smallest absolute Gasteiger partial charge is 0.310 e. The molecule has 6 heteroatoms. The van der Waals surface area contributed by atoms with Crippen LogP contribution in [0.1, 0.15) is 23.0 Å². The Morgan fingerprint density at radius 3 is 1.18 bits per heavy atom. The number of rotatable bonds is 6. The van der Waals surface area contributed by atoms with E-state index in [4.69, 9.17) is 18.9 Å². The third-order valence-corrected chi connectivity index (χ3v) is 5.50. The van der Waals surface area contributed by atoms with E-state index in [9.17, 15) is 9.59 Å². The number of carbonyl (C=O) groups is 2. The van der Waals surface area contributed by atoms with E-state index in [1.165, 1.54) is 14.2 Å². The quantitative estimate of drug-likeness (QED) is 0.713. The van der Waals surface area contributed by atoms with E-state index in [-0.39, 0.29) is 11.8 Å². The van der Waals surface area contributed by atoms with E-state index in [0.29, 0.717) is 0 Å². The highest BCUT2D eigenvalue weighted by molar-refractivity contribution is 5.87. The summed E-state index contributed by atoms with van der Waals surface area (Å²) in [6.45, 7) is 0. The van der Waals surface area contributed by atoms with Crippen LogP contribution in [0.4, 0.5) is 0 Å². The molecule has 0 bridgehead atoms. The van der Waals surface area contributed by atoms with Gasteiger partial charge in [-0.2, -0.15) is 0 Å². The predicted molar refractivity (Wildman–Crippen MR) is 102 cm³/mol. The molecule has 0 radical (unpaired) electrons. The monoisotopic (exact) mass is 384 g/mol. The van der Waals surface area contributed by atoms with Crippen LogP contribution in [0.25, 0.3) is 0 Å². The van der Waals surface area contributed by atoms with Gasteiger partial charge in [0, 0.05) is 11.8 Å². The van der Waals surface area contributed by atoms with Crippen molar-refractivity contribution in [3.63, 3.8) is 0 Å². The second kappa shape index (κ2) is 8.33. The fourth-order valence-corrected chi connectivity index (χ4v) is 4.09. The molecule has 1 aliphatic carbocycles. The third-order valence-electron chi connectivity index (χ3n) is 5.50. The van der Waals surface area contributed by atoms with E-state index in [2.05, 4.69) is 0 Å². The van der Waals surface area contributed by atoms with Gasteiger partial charge in [0.05, 0.1) is 40.3 Å². The Bertz CT molecular complexity index is 756. The van der Waals surface area contributed by atoms with Crippen LogP contribution in [0.3, 0.4) is 0 Å². The minimum absolute atomic E-state index is 0.212. The lowest BCUT2D eigenvalue weighted by atomic mass is 9.52. The lowest BCUT2D eigenvalue weighted by molar-refractivity contribution is -0.168. The standard InChI is InChI=1S/C22H24O6/c1-25-15-9-5-13(6-10-15)17-18(14-7-11-16(26-2)12-8-14)20(22(24)28-4)19(17)21(23)27-3/h5-12,17-20H,1-4H3/t17-,18-,19+,20+/m1/s1. The molecule has 6 nitrogen and oxygen atoms in total. The zero-order chi connectivity index (χ0) is 20.3. The summed E-state index contributed by atoms with van der Waals surface area (Å²) >= 11 is 0. The fourth-order valence-electron chi connectivity index (χ4n) is 4.09. The molecule has 0 spiro atoms. The van der Waals surface area contributed by atoms with Gasteiger partial charge in [0.15, 0.2) is 0 Å². The second-order valence-electron chi connectivity index (χ2n) is 6.70. The number of methoxy groups -OCH3 is 4. The molecule has 0 heterocycles. The van der Waals surface area contributed by atoms with Crippen LogP contribution in [0.15, 0.2) is 48.5 Å². The van der Waals surface area contributed by atoms with E-state index < -0.39 is 23.8 Å². The molecule has 0 N–H and O–H groups in total. The zero-order valence-corrected chi connectivity index (χ0v) is 16.4. The number of carbonyl (C=O) groups excluding carboxylic acids is 2. The van der Waals surface area contributed by atoms with Crippen LogP contribution in [0.2, 0.25) is 0 Å². The van der Waals surface area contributed by atoms with E-state index in [1.54, 1.807) is 14.2 Å². The molecular formula is C22H24O6. The highest BCUT2D eigenvalue weighted by Gasteiger charge is 2.59. The summed E-state index contributed by atoms with van der Waals surface area (Å²) in [6, 6.07) is 15.1. The second-order valence-corrected chi connectivity index (χ2v) is 6.70. The average Bonchev–Trinajstić information content (AvgIpc) is 2.73. The first kappa shape index (κ1) is 19.7. The van der Waals surface area contributed by atoms with E-state index in [1.807, 2.05) is 48.5 Å². The van der Waals surface area contributed by atoms with Crippen molar-refractivity contribution in [3.05, 3.63) is 59.7 Å². The normalized spacial score (nSPS) is 23.3. The SMILES string of the molecule is COC(=O)[C@@H]1[C@@H](C(=O)OC)[C@H](c2ccc(OC)cc2)[C@H]1c1ccc(OC)cc1. The van der Waals surface area contributed by atoms with Crippen molar-refractivity contribution in [3.8, 4) is 11.5 Å². The molecular weight excluding hydrogens is 360 g/mol. The van der Waals surface area contributed by atoms with Gasteiger partial charge in [-0.15, -0.1) is 0 Å². The van der Waals surface area contributed by atoms with Crippen LogP contribution in [-0.2, 0) is 19.1 Å². The molecule has 2 aromatic carbocycles. The molecule has 1 fully saturated rings. The van der Waals surface area contributed by atoms with Crippen molar-refractivity contribution >= 4 is 11.9 Å². The van der Waals surface area contributed by atoms with Crippen LogP contribution >= 0.6 is 0 Å². The first-order valence-corrected chi connectivity index (χ1v) is 8.99. The number of benzene rings is 2. The van der Waals surface area contributed by atoms with Crippen LogP contribution in [-0.4, -0.2) is 40.4 Å². The highest BCUT2D eigenvalue weighted by Crippen LogP contribution is 2.58. The lowest BCUT2D eigenvalue weighted by Crippen LogP contribution is -2.52. The number of ether oxygens (including phenoxy) is 4. The van der Waals surface area contributed by atoms with Crippen molar-refractivity contribution in [2.75, 3.05) is 28.4 Å². The third kappa shape index (κ3) is 3.42. The summed E-state index contributed by atoms with van der Waals surface area (Å²) in [5.74, 6) is -1.03. The van der Waals surface area contributed by atoms with Gasteiger partial charge in [-0.25, -0.2) is 0 Å². The molecule has 2 aromatic rings. The maximum atomic E-state index is 12.5. The lowest BCUT2D eigenvalue weighted by Gasteiger charge is -2.49. The minimum Gasteiger partial charge on any atom is -0.497 e. The average molecular weight is 384 g/mol. The maximum absolute atomic E-state index is 12.5. The van der Waals surface area contributed by atoms with Crippen molar-refractivity contribution in [1.82, 2.24) is 0 Å². The Hall–Kier alpha value is -3.02. The summed E-state index contributed by atoms with van der Waals surface area (Å²) < 4.78 is 20.5. The first-order valence-electron chi connectivity index (χ1n) is 8.99. The maximum Gasteiger partial charge on any atom is 0.310 e. The Balaban J connectivity index is 2.05. The van der Waals surface area contributed by atoms with Crippen molar-refractivity contribution in [2.45, 2.75) is 11.8 Å². The van der Waals surface area contributed by atoms with Gasteiger partial charge in [-0.1, -0.05) is 24.3 Å². The Morgan fingerprint density at radius 1 is 0.607 bits per heavy atom. The van der Waals surface area contributed by atoms with Crippen molar-refractivity contribution in [1.29, 1.82) is 0 Å². The summed E-state index contributed by atoms with van der Waals surface area (Å²) in [5, 5.41) is 0. The topological polar surface area (TPSA) is 71.1 Å². The Morgan fingerprint density at radius 2 is 0.929 bits per heavy atom. The summed E-state index contributed by atoms with van der Waals surface area (Å²) in [4.78, 5) is 25.1. The van der Waals surface area contributed by atoms with Gasteiger partial charge in [0.25, 0.3) is 0 Å². The molecule has 1 saturated carbocycles. The number of hydrogen-bond donors (Lipinski definition) is 0. The molecule has 0 saturated heterocycles. The van der Waals surface area contributed by atoms with Crippen LogP contribution < -0.4 is 9.47 Å². The number of esters is 2. The van der Waals surface area contributed by atoms with Gasteiger partial charge in [-0.05, 0) is 35.4 Å². The van der Waals surface area contributed by atoms with Gasteiger partial charge in [0.2, 0.25) is 0 Å². The molecule has 0 amide bonds. The first-order chi connectivity index (χ1) is 13.5. The highest BCUT2D eigenvalue weighted by atomic mass is 16.5. The van der Waals surface area contributed by atoms with Gasteiger partial charge < -0.3 is 18.9 Å². The van der Waals surface area contributed by atoms with Gasteiger partial charge >= 0.3 is 11.9 Å². The van der Waals surface area contributed by atoms with Crippen LogP contribution in [0.5, 0.6) is 11.5 Å². The largest absolute Gasteiger partial charge is 0.497 e. The minimum atomic E-state index is -0.613. The van der Waals surface area contributed by atoms with E-state index in [0.717, 1.165) is 22.6 Å². The molecule has 0 unspecified atom stereocenters. The Labute approximate surface area is 164 Å². The molecule has 148 valence electrons. The summed E-state index contributed by atoms with van der Waals surface area (Å²) in [7, 11) is 5.87. The molecule has 4 atom stereocenters. The van der Waals surface area contributed by atoms with Gasteiger partial charge in [0.1, 0.15) is 11.5 Å². The zero-order valence-electron chi connectivity index (χ0n) is 16.4. The molecule has 0 aromatic heterocycles. The molecule has 1 aliphatic rings.